The summed E-state index contributed by atoms with van der Waals surface area (Å²) in [5.41, 5.74) is 0.678. The summed E-state index contributed by atoms with van der Waals surface area (Å²) in [7, 11) is 0. The lowest BCUT2D eigenvalue weighted by Gasteiger charge is -2.14. The summed E-state index contributed by atoms with van der Waals surface area (Å²) in [5.74, 6) is -4.04. The van der Waals surface area contributed by atoms with Gasteiger partial charge in [-0.2, -0.15) is 8.78 Å². The molecule has 1 nitrogen and oxygen atoms in total. The van der Waals surface area contributed by atoms with E-state index in [1.807, 2.05) is 0 Å². The lowest BCUT2D eigenvalue weighted by atomic mass is 9.91. The smallest absolute Gasteiger partial charge is 0.445 e. The van der Waals surface area contributed by atoms with Gasteiger partial charge in [-0.3, -0.25) is 0 Å². The third-order valence-electron chi connectivity index (χ3n) is 1.96. The molecule has 0 aliphatic heterocycles. The fourth-order valence-corrected chi connectivity index (χ4v) is 1.18. The van der Waals surface area contributed by atoms with Crippen LogP contribution in [-0.2, 0) is 11.3 Å². The summed E-state index contributed by atoms with van der Waals surface area (Å²) >= 11 is 0. The molecule has 0 fully saturated rings. The van der Waals surface area contributed by atoms with Gasteiger partial charge in [-0.25, -0.2) is 0 Å². The van der Waals surface area contributed by atoms with E-state index in [1.54, 1.807) is 30.3 Å². The number of benzene rings is 1. The van der Waals surface area contributed by atoms with Crippen molar-refractivity contribution in [2.45, 2.75) is 12.5 Å². The maximum Gasteiger partial charge on any atom is 0.502 e. The first-order valence-electron chi connectivity index (χ1n) is 5.18. The van der Waals surface area contributed by atoms with Crippen LogP contribution in [0.25, 0.3) is 0 Å². The predicted octanol–water partition coefficient (Wildman–Crippen LogP) is 3.78. The van der Waals surface area contributed by atoms with Crippen molar-refractivity contribution >= 4 is 6.98 Å². The summed E-state index contributed by atoms with van der Waals surface area (Å²) in [6, 6.07) is 8.53. The van der Waals surface area contributed by atoms with Gasteiger partial charge in [0.05, 0.1) is 6.61 Å². The highest BCUT2D eigenvalue weighted by Gasteiger charge is 2.28. The zero-order valence-electron chi connectivity index (χ0n) is 9.33. The maximum absolute atomic E-state index is 13.0. The third-order valence-corrected chi connectivity index (χ3v) is 1.96. The highest BCUT2D eigenvalue weighted by atomic mass is 19.4. The number of hydrogen-bond donors (Lipinski definition) is 0. The van der Waals surface area contributed by atoms with Gasteiger partial charge in [0.15, 0.2) is 0 Å². The number of hydrogen-bond acceptors (Lipinski definition) is 1. The van der Waals surface area contributed by atoms with Crippen molar-refractivity contribution in [1.29, 1.82) is 0 Å². The lowest BCUT2D eigenvalue weighted by molar-refractivity contribution is -0.0456. The van der Waals surface area contributed by atoms with Crippen molar-refractivity contribution in [1.82, 2.24) is 0 Å². The molecular weight excluding hydrogens is 254 g/mol. The van der Waals surface area contributed by atoms with E-state index < -0.39 is 25.5 Å². The van der Waals surface area contributed by atoms with Crippen LogP contribution in [0.4, 0.5) is 21.7 Å². The minimum absolute atomic E-state index is 0.0680. The highest BCUT2D eigenvalue weighted by Crippen LogP contribution is 2.20. The molecule has 0 bridgehead atoms. The Morgan fingerprint density at radius 2 is 1.72 bits per heavy atom. The Kier molecular flexibility index (Phi) is 4.89. The van der Waals surface area contributed by atoms with Crippen LogP contribution in [0.15, 0.2) is 42.4 Å². The maximum atomic E-state index is 13.0. The quantitative estimate of drug-likeness (QED) is 0.561. The molecule has 0 saturated carbocycles. The molecule has 0 aliphatic carbocycles. The third kappa shape index (κ3) is 6.39. The van der Waals surface area contributed by atoms with Crippen molar-refractivity contribution in [2.24, 2.45) is 0 Å². The molecule has 0 amide bonds. The Morgan fingerprint density at radius 3 is 2.28 bits per heavy atom. The molecule has 0 aliphatic rings. The highest BCUT2D eigenvalue weighted by molar-refractivity contribution is 6.64. The van der Waals surface area contributed by atoms with Gasteiger partial charge in [-0.15, -0.1) is 5.98 Å². The summed E-state index contributed by atoms with van der Waals surface area (Å²) in [6.45, 7) is -6.50. The fourth-order valence-electron chi connectivity index (χ4n) is 1.18. The molecule has 0 saturated heterocycles. The summed E-state index contributed by atoms with van der Waals surface area (Å²) in [4.78, 5) is 0. The first kappa shape index (κ1) is 14.7. The molecule has 0 radical (unpaired) electrons. The van der Waals surface area contributed by atoms with Gasteiger partial charge in [-0.05, 0) is 11.6 Å². The van der Waals surface area contributed by atoms with Crippen LogP contribution in [0, 0.1) is 0 Å². The minimum Gasteiger partial charge on any atom is -0.445 e. The normalized spacial score (nSPS) is 13.2. The number of alkyl halides is 2. The molecule has 0 heterocycles. The van der Waals surface area contributed by atoms with Crippen molar-refractivity contribution in [2.75, 3.05) is 6.61 Å². The molecule has 18 heavy (non-hydrogen) atoms. The van der Waals surface area contributed by atoms with E-state index in [1.165, 1.54) is 0 Å². The molecule has 0 unspecified atom stereocenters. The van der Waals surface area contributed by atoms with Gasteiger partial charge in [0.2, 0.25) is 0 Å². The fraction of sp³-hybridized carbons (Fsp3) is 0.273. The van der Waals surface area contributed by atoms with Crippen LogP contribution >= 0.6 is 0 Å². The van der Waals surface area contributed by atoms with Crippen LogP contribution in [0.5, 0.6) is 0 Å². The first-order valence-corrected chi connectivity index (χ1v) is 5.18. The summed E-state index contributed by atoms with van der Waals surface area (Å²) in [5, 5.41) is 0. The zero-order valence-corrected chi connectivity index (χ0v) is 9.33. The van der Waals surface area contributed by atoms with Crippen molar-refractivity contribution in [3.05, 3.63) is 47.9 Å². The molecule has 0 spiro atoms. The van der Waals surface area contributed by atoms with Gasteiger partial charge in [-0.1, -0.05) is 30.3 Å². The Bertz CT molecular complexity index is 388. The van der Waals surface area contributed by atoms with E-state index in [0.29, 0.717) is 5.56 Å². The number of ether oxygens (including phenoxy) is 1. The van der Waals surface area contributed by atoms with Gasteiger partial charge >= 0.3 is 6.98 Å². The van der Waals surface area contributed by atoms with Crippen LogP contribution in [0.2, 0.25) is 0 Å². The van der Waals surface area contributed by atoms with Gasteiger partial charge in [0, 0.05) is 0 Å². The average molecular weight is 265 g/mol. The van der Waals surface area contributed by atoms with Crippen molar-refractivity contribution in [3.63, 3.8) is 0 Å². The van der Waals surface area contributed by atoms with E-state index in [4.69, 9.17) is 0 Å². The van der Waals surface area contributed by atoms with E-state index in [9.17, 15) is 21.7 Å². The van der Waals surface area contributed by atoms with E-state index >= 15 is 0 Å². The zero-order chi connectivity index (χ0) is 13.6. The molecular formula is C11H11BF5O-. The summed E-state index contributed by atoms with van der Waals surface area (Å²) in [6.07, 6.45) is -0.169. The van der Waals surface area contributed by atoms with Gasteiger partial charge in [0.1, 0.15) is 6.61 Å². The number of halogens is 5. The Balaban J connectivity index is 2.40. The Morgan fingerprint density at radius 1 is 1.11 bits per heavy atom. The van der Waals surface area contributed by atoms with Gasteiger partial charge < -0.3 is 17.7 Å². The molecule has 1 aromatic rings. The minimum atomic E-state index is -5.35. The molecule has 0 N–H and O–H groups in total. The number of rotatable bonds is 6. The molecule has 100 valence electrons. The Hall–Kier alpha value is -1.37. The molecule has 7 heteroatoms. The molecule has 1 aromatic carbocycles. The second kappa shape index (κ2) is 5.99. The lowest BCUT2D eigenvalue weighted by Crippen LogP contribution is -2.23. The second-order valence-electron chi connectivity index (χ2n) is 3.72. The van der Waals surface area contributed by atoms with Crippen LogP contribution in [0.1, 0.15) is 5.56 Å². The van der Waals surface area contributed by atoms with E-state index in [0.717, 1.165) is 0 Å². The first-order chi connectivity index (χ1) is 8.29. The monoisotopic (exact) mass is 265 g/mol. The van der Waals surface area contributed by atoms with Gasteiger partial charge in [0.25, 0.3) is 5.92 Å². The van der Waals surface area contributed by atoms with Crippen molar-refractivity contribution < 1.29 is 26.5 Å². The largest absolute Gasteiger partial charge is 0.502 e. The summed E-state index contributed by atoms with van der Waals surface area (Å²) < 4.78 is 65.9. The van der Waals surface area contributed by atoms with E-state index in [2.05, 4.69) is 4.74 Å². The van der Waals surface area contributed by atoms with Crippen LogP contribution in [0.3, 0.4) is 0 Å². The second-order valence-corrected chi connectivity index (χ2v) is 3.72. The van der Waals surface area contributed by atoms with E-state index in [-0.39, 0.29) is 12.7 Å². The average Bonchev–Trinajstić information content (AvgIpc) is 2.27. The topological polar surface area (TPSA) is 9.23 Å². The molecule has 0 atom stereocenters. The van der Waals surface area contributed by atoms with Crippen molar-refractivity contribution in [3.8, 4) is 0 Å². The molecule has 0 aromatic heterocycles. The van der Waals surface area contributed by atoms with Crippen LogP contribution < -0.4 is 0 Å². The van der Waals surface area contributed by atoms with Crippen LogP contribution in [-0.4, -0.2) is 19.5 Å². The standard InChI is InChI=1S/C11H11BF5O/c13-11(14,6-7-12(15,16)17)9-18-8-10-4-2-1-3-5-10/h1-7H,8-9H2/q-1/b7-6+. The predicted molar refractivity (Wildman–Crippen MR) is 59.3 cm³/mol. The molecule has 1 rings (SSSR count). The Labute approximate surface area is 101 Å². The SMILES string of the molecule is F[B-](F)(F)/C=C/C(F)(F)COCc1ccccc1.